The molecule has 1 N–H and O–H groups in total. The number of amides is 1. The Balaban J connectivity index is 2.66. The van der Waals surface area contributed by atoms with Crippen molar-refractivity contribution in [3.05, 3.63) is 23.9 Å². The number of hydrogen-bond donors (Lipinski definition) is 1. The van der Waals surface area contributed by atoms with Gasteiger partial charge in [0, 0.05) is 26.8 Å². The lowest BCUT2D eigenvalue weighted by atomic mass is 9.81. The lowest BCUT2D eigenvalue weighted by Gasteiger charge is -2.29. The van der Waals surface area contributed by atoms with E-state index in [-0.39, 0.29) is 11.3 Å². The molecule has 0 saturated heterocycles. The summed E-state index contributed by atoms with van der Waals surface area (Å²) < 4.78 is 0. The summed E-state index contributed by atoms with van der Waals surface area (Å²) in [4.78, 5) is 17.6. The molecule has 0 aliphatic rings. The van der Waals surface area contributed by atoms with Crippen LogP contribution in [0.1, 0.15) is 38.1 Å². The van der Waals surface area contributed by atoms with Crippen LogP contribution < -0.4 is 5.32 Å². The van der Waals surface area contributed by atoms with E-state index in [0.717, 1.165) is 12.4 Å². The van der Waals surface area contributed by atoms with Crippen molar-refractivity contribution >= 4 is 11.7 Å². The highest BCUT2D eigenvalue weighted by molar-refractivity contribution is 5.93. The van der Waals surface area contributed by atoms with Crippen molar-refractivity contribution in [2.45, 2.75) is 27.7 Å². The largest absolute Gasteiger partial charge is 0.370 e. The number of anilines is 1. The quantitative estimate of drug-likeness (QED) is 0.888. The van der Waals surface area contributed by atoms with E-state index in [0.29, 0.717) is 11.5 Å². The van der Waals surface area contributed by atoms with Gasteiger partial charge in [0.2, 0.25) is 0 Å². The Morgan fingerprint density at radius 1 is 1.37 bits per heavy atom. The molecule has 0 unspecified atom stereocenters. The third-order valence-corrected chi connectivity index (χ3v) is 3.70. The smallest absolute Gasteiger partial charge is 0.254 e. The van der Waals surface area contributed by atoms with E-state index in [1.54, 1.807) is 31.3 Å². The van der Waals surface area contributed by atoms with Crippen molar-refractivity contribution in [3.8, 4) is 0 Å². The summed E-state index contributed by atoms with van der Waals surface area (Å²) in [5.41, 5.74) is 0.818. The third-order valence-electron chi connectivity index (χ3n) is 3.70. The van der Waals surface area contributed by atoms with Gasteiger partial charge in [-0.3, -0.25) is 4.79 Å². The molecule has 1 aromatic rings. The molecule has 0 fully saturated rings. The number of rotatable bonds is 5. The van der Waals surface area contributed by atoms with Crippen molar-refractivity contribution in [2.75, 3.05) is 26.0 Å². The molecule has 0 aromatic carbocycles. The van der Waals surface area contributed by atoms with E-state index in [1.165, 1.54) is 0 Å². The Kier molecular flexibility index (Phi) is 4.92. The van der Waals surface area contributed by atoms with Crippen LogP contribution in [-0.4, -0.2) is 36.4 Å². The van der Waals surface area contributed by atoms with Crippen molar-refractivity contribution in [3.63, 3.8) is 0 Å². The average molecular weight is 263 g/mol. The molecule has 4 nitrogen and oxygen atoms in total. The highest BCUT2D eigenvalue weighted by Crippen LogP contribution is 2.26. The fourth-order valence-corrected chi connectivity index (χ4v) is 1.41. The van der Waals surface area contributed by atoms with Gasteiger partial charge in [0.05, 0.1) is 5.56 Å². The molecule has 0 aliphatic heterocycles. The molecular formula is C15H25N3O. The Morgan fingerprint density at radius 2 is 2.00 bits per heavy atom. The van der Waals surface area contributed by atoms with Crippen molar-refractivity contribution in [2.24, 2.45) is 11.3 Å². The highest BCUT2D eigenvalue weighted by Gasteiger charge is 2.22. The standard InChI is InChI=1S/C15H25N3O/c1-11(2)15(3,4)10-17-13-8-7-12(9-16-13)14(19)18(5)6/h7-9,11H,10H2,1-6H3,(H,16,17). The van der Waals surface area contributed by atoms with Gasteiger partial charge >= 0.3 is 0 Å². The molecule has 0 radical (unpaired) electrons. The monoisotopic (exact) mass is 263 g/mol. The topological polar surface area (TPSA) is 45.2 Å². The average Bonchev–Trinajstić information content (AvgIpc) is 2.36. The maximum absolute atomic E-state index is 11.7. The number of aromatic nitrogens is 1. The van der Waals surface area contributed by atoms with Gasteiger partial charge < -0.3 is 10.2 Å². The minimum atomic E-state index is -0.0263. The fourth-order valence-electron chi connectivity index (χ4n) is 1.41. The van der Waals surface area contributed by atoms with Gasteiger partial charge in [-0.1, -0.05) is 27.7 Å². The maximum atomic E-state index is 11.7. The molecule has 19 heavy (non-hydrogen) atoms. The lowest BCUT2D eigenvalue weighted by Crippen LogP contribution is -2.28. The SMILES string of the molecule is CC(C)C(C)(C)CNc1ccc(C(=O)N(C)C)cn1. The molecule has 1 amide bonds. The molecule has 106 valence electrons. The molecule has 4 heteroatoms. The van der Waals surface area contributed by atoms with Gasteiger partial charge in [0.25, 0.3) is 5.91 Å². The summed E-state index contributed by atoms with van der Waals surface area (Å²) >= 11 is 0. The lowest BCUT2D eigenvalue weighted by molar-refractivity contribution is 0.0827. The van der Waals surface area contributed by atoms with Crippen LogP contribution >= 0.6 is 0 Å². The van der Waals surface area contributed by atoms with Gasteiger partial charge in [-0.2, -0.15) is 0 Å². The van der Waals surface area contributed by atoms with Crippen LogP contribution in [0.2, 0.25) is 0 Å². The van der Waals surface area contributed by atoms with E-state index < -0.39 is 0 Å². The van der Waals surface area contributed by atoms with E-state index in [1.807, 2.05) is 6.07 Å². The molecule has 0 spiro atoms. The first-order chi connectivity index (χ1) is 8.74. The zero-order valence-corrected chi connectivity index (χ0v) is 12.8. The molecule has 1 aromatic heterocycles. The minimum Gasteiger partial charge on any atom is -0.370 e. The van der Waals surface area contributed by atoms with Crippen LogP contribution in [0.5, 0.6) is 0 Å². The van der Waals surface area contributed by atoms with Crippen molar-refractivity contribution in [1.29, 1.82) is 0 Å². The maximum Gasteiger partial charge on any atom is 0.254 e. The van der Waals surface area contributed by atoms with Crippen LogP contribution in [0, 0.1) is 11.3 Å². The summed E-state index contributed by atoms with van der Waals surface area (Å²) in [6, 6.07) is 3.66. The first kappa shape index (κ1) is 15.5. The first-order valence-electron chi connectivity index (χ1n) is 6.65. The number of hydrogen-bond acceptors (Lipinski definition) is 3. The molecular weight excluding hydrogens is 238 g/mol. The van der Waals surface area contributed by atoms with Crippen LogP contribution in [-0.2, 0) is 0 Å². The number of nitrogens with zero attached hydrogens (tertiary/aromatic N) is 2. The summed E-state index contributed by atoms with van der Waals surface area (Å²) in [6.07, 6.45) is 1.62. The molecule has 0 bridgehead atoms. The summed E-state index contributed by atoms with van der Waals surface area (Å²) in [7, 11) is 3.47. The first-order valence-corrected chi connectivity index (χ1v) is 6.65. The van der Waals surface area contributed by atoms with E-state index in [9.17, 15) is 4.79 Å². The van der Waals surface area contributed by atoms with Gasteiger partial charge in [-0.15, -0.1) is 0 Å². The van der Waals surface area contributed by atoms with E-state index in [2.05, 4.69) is 38.0 Å². The number of carbonyl (C=O) groups is 1. The van der Waals surface area contributed by atoms with Gasteiger partial charge in [0.1, 0.15) is 5.82 Å². The number of carbonyl (C=O) groups excluding carboxylic acids is 1. The number of nitrogens with one attached hydrogen (secondary N) is 1. The fraction of sp³-hybridized carbons (Fsp3) is 0.600. The minimum absolute atomic E-state index is 0.0263. The van der Waals surface area contributed by atoms with E-state index >= 15 is 0 Å². The second-order valence-corrected chi connectivity index (χ2v) is 6.13. The molecule has 1 heterocycles. The van der Waals surface area contributed by atoms with Crippen molar-refractivity contribution in [1.82, 2.24) is 9.88 Å². The van der Waals surface area contributed by atoms with Gasteiger partial charge in [0.15, 0.2) is 0 Å². The number of pyridine rings is 1. The molecule has 0 aliphatic carbocycles. The second kappa shape index (κ2) is 6.04. The molecule has 1 rings (SSSR count). The Bertz CT molecular complexity index is 422. The predicted molar refractivity (Wildman–Crippen MR) is 79.4 cm³/mol. The van der Waals surface area contributed by atoms with Crippen LogP contribution in [0.3, 0.4) is 0 Å². The van der Waals surface area contributed by atoms with Crippen LogP contribution in [0.15, 0.2) is 18.3 Å². The van der Waals surface area contributed by atoms with Crippen LogP contribution in [0.4, 0.5) is 5.82 Å². The third kappa shape index (κ3) is 4.23. The molecule has 0 atom stereocenters. The van der Waals surface area contributed by atoms with Gasteiger partial charge in [-0.05, 0) is 23.5 Å². The molecule has 0 saturated carbocycles. The van der Waals surface area contributed by atoms with Crippen LogP contribution in [0.25, 0.3) is 0 Å². The summed E-state index contributed by atoms with van der Waals surface area (Å²) in [6.45, 7) is 9.75. The Labute approximate surface area is 116 Å². The normalized spacial score (nSPS) is 11.5. The Morgan fingerprint density at radius 3 is 2.42 bits per heavy atom. The Hall–Kier alpha value is -1.58. The summed E-state index contributed by atoms with van der Waals surface area (Å²) in [5, 5.41) is 3.33. The zero-order chi connectivity index (χ0) is 14.6. The highest BCUT2D eigenvalue weighted by atomic mass is 16.2. The van der Waals surface area contributed by atoms with Gasteiger partial charge in [-0.25, -0.2) is 4.98 Å². The summed E-state index contributed by atoms with van der Waals surface area (Å²) in [5.74, 6) is 1.38. The second-order valence-electron chi connectivity index (χ2n) is 6.13. The van der Waals surface area contributed by atoms with E-state index in [4.69, 9.17) is 0 Å². The predicted octanol–water partition coefficient (Wildman–Crippen LogP) is 2.88. The zero-order valence-electron chi connectivity index (χ0n) is 12.8. The van der Waals surface area contributed by atoms with Crippen molar-refractivity contribution < 1.29 is 4.79 Å².